The molecule has 0 unspecified atom stereocenters. The Labute approximate surface area is 94.3 Å². The van der Waals surface area contributed by atoms with E-state index in [1.807, 2.05) is 6.07 Å². The Balaban J connectivity index is 2.29. The highest BCUT2D eigenvalue weighted by atomic mass is 35.5. The van der Waals surface area contributed by atoms with E-state index in [-0.39, 0.29) is 0 Å². The Morgan fingerprint density at radius 3 is 2.73 bits per heavy atom. The summed E-state index contributed by atoms with van der Waals surface area (Å²) in [4.78, 5) is 2.21. The molecule has 1 saturated heterocycles. The quantitative estimate of drug-likeness (QED) is 0.784. The SMILES string of the molecule is N#Cc1ccc(Cl)c(N2CCNCC2)c1. The minimum absolute atomic E-state index is 0.660. The van der Waals surface area contributed by atoms with E-state index >= 15 is 0 Å². The van der Waals surface area contributed by atoms with Crippen LogP contribution < -0.4 is 10.2 Å². The van der Waals surface area contributed by atoms with E-state index in [4.69, 9.17) is 16.9 Å². The first kappa shape index (κ1) is 10.3. The van der Waals surface area contributed by atoms with Gasteiger partial charge in [-0.2, -0.15) is 5.26 Å². The highest BCUT2D eigenvalue weighted by Crippen LogP contribution is 2.26. The zero-order valence-electron chi connectivity index (χ0n) is 8.33. The van der Waals surface area contributed by atoms with Crippen molar-refractivity contribution in [3.05, 3.63) is 28.8 Å². The average Bonchev–Trinajstić information content (AvgIpc) is 2.31. The summed E-state index contributed by atoms with van der Waals surface area (Å²) in [5.41, 5.74) is 1.63. The van der Waals surface area contributed by atoms with E-state index in [0.29, 0.717) is 5.56 Å². The van der Waals surface area contributed by atoms with Gasteiger partial charge in [0.2, 0.25) is 0 Å². The summed E-state index contributed by atoms with van der Waals surface area (Å²) in [5, 5.41) is 12.8. The molecular weight excluding hydrogens is 210 g/mol. The second-order valence-corrected chi connectivity index (χ2v) is 3.92. The lowest BCUT2D eigenvalue weighted by atomic mass is 10.2. The van der Waals surface area contributed by atoms with Gasteiger partial charge in [0, 0.05) is 26.2 Å². The molecule has 1 aromatic rings. The van der Waals surface area contributed by atoms with Crippen molar-refractivity contribution in [2.75, 3.05) is 31.1 Å². The van der Waals surface area contributed by atoms with Gasteiger partial charge in [-0.1, -0.05) is 11.6 Å². The molecule has 1 heterocycles. The third kappa shape index (κ3) is 2.23. The Morgan fingerprint density at radius 1 is 1.33 bits per heavy atom. The molecule has 0 spiro atoms. The van der Waals surface area contributed by atoms with Crippen molar-refractivity contribution in [1.82, 2.24) is 5.32 Å². The number of anilines is 1. The van der Waals surface area contributed by atoms with Crippen LogP contribution in [0, 0.1) is 11.3 Å². The monoisotopic (exact) mass is 221 g/mol. The van der Waals surface area contributed by atoms with Gasteiger partial charge in [-0.05, 0) is 18.2 Å². The molecule has 1 aliphatic rings. The van der Waals surface area contributed by atoms with Gasteiger partial charge in [-0.25, -0.2) is 0 Å². The first-order chi connectivity index (χ1) is 7.31. The molecule has 1 aliphatic heterocycles. The lowest BCUT2D eigenvalue weighted by molar-refractivity contribution is 0.589. The Kier molecular flexibility index (Phi) is 3.10. The van der Waals surface area contributed by atoms with Crippen LogP contribution >= 0.6 is 11.6 Å². The van der Waals surface area contributed by atoms with Crippen molar-refractivity contribution in [2.45, 2.75) is 0 Å². The summed E-state index contributed by atoms with van der Waals surface area (Å²) < 4.78 is 0. The second-order valence-electron chi connectivity index (χ2n) is 3.52. The number of hydrogen-bond donors (Lipinski definition) is 1. The number of benzene rings is 1. The van der Waals surface area contributed by atoms with E-state index < -0.39 is 0 Å². The highest BCUT2D eigenvalue weighted by Gasteiger charge is 2.13. The van der Waals surface area contributed by atoms with Crippen LogP contribution in [0.3, 0.4) is 0 Å². The van der Waals surface area contributed by atoms with Crippen LogP contribution in [0.5, 0.6) is 0 Å². The van der Waals surface area contributed by atoms with Crippen molar-refractivity contribution < 1.29 is 0 Å². The van der Waals surface area contributed by atoms with Gasteiger partial charge in [-0.3, -0.25) is 0 Å². The summed E-state index contributed by atoms with van der Waals surface area (Å²) in [6.45, 7) is 3.81. The summed E-state index contributed by atoms with van der Waals surface area (Å²) in [6.07, 6.45) is 0. The molecule has 1 aromatic carbocycles. The van der Waals surface area contributed by atoms with Crippen LogP contribution in [0.25, 0.3) is 0 Å². The van der Waals surface area contributed by atoms with Crippen molar-refractivity contribution in [3.8, 4) is 6.07 Å². The molecular formula is C11H12ClN3. The maximum absolute atomic E-state index is 8.83. The van der Waals surface area contributed by atoms with E-state index in [1.165, 1.54) is 0 Å². The fourth-order valence-electron chi connectivity index (χ4n) is 1.73. The molecule has 78 valence electrons. The fraction of sp³-hybridized carbons (Fsp3) is 0.364. The molecule has 0 amide bonds. The lowest BCUT2D eigenvalue weighted by Gasteiger charge is -2.30. The van der Waals surface area contributed by atoms with Gasteiger partial charge in [0.1, 0.15) is 0 Å². The molecule has 1 fully saturated rings. The Hall–Kier alpha value is -1.24. The number of nitrogens with zero attached hydrogens (tertiary/aromatic N) is 2. The van der Waals surface area contributed by atoms with E-state index in [2.05, 4.69) is 16.3 Å². The Morgan fingerprint density at radius 2 is 2.07 bits per heavy atom. The number of halogens is 1. The standard InChI is InChI=1S/C11H12ClN3/c12-10-2-1-9(8-13)7-11(10)15-5-3-14-4-6-15/h1-2,7,14H,3-6H2. The summed E-state index contributed by atoms with van der Waals surface area (Å²) in [7, 11) is 0. The molecule has 2 rings (SSSR count). The van der Waals surface area contributed by atoms with E-state index in [9.17, 15) is 0 Å². The molecule has 0 bridgehead atoms. The van der Waals surface area contributed by atoms with E-state index in [1.54, 1.807) is 12.1 Å². The van der Waals surface area contributed by atoms with Crippen LogP contribution in [0.4, 0.5) is 5.69 Å². The van der Waals surface area contributed by atoms with Crippen LogP contribution in [0.2, 0.25) is 5.02 Å². The predicted octanol–water partition coefficient (Wildman–Crippen LogP) is 1.62. The number of nitrogens with one attached hydrogen (secondary N) is 1. The maximum atomic E-state index is 8.83. The van der Waals surface area contributed by atoms with Crippen LogP contribution in [-0.2, 0) is 0 Å². The van der Waals surface area contributed by atoms with Crippen molar-refractivity contribution in [3.63, 3.8) is 0 Å². The number of nitriles is 1. The van der Waals surface area contributed by atoms with Crippen LogP contribution in [0.1, 0.15) is 5.56 Å². The fourth-order valence-corrected chi connectivity index (χ4v) is 1.97. The Bertz CT molecular complexity index is 391. The van der Waals surface area contributed by atoms with Crippen LogP contribution in [-0.4, -0.2) is 26.2 Å². The summed E-state index contributed by atoms with van der Waals surface area (Å²) in [6, 6.07) is 7.52. The molecule has 0 aliphatic carbocycles. The average molecular weight is 222 g/mol. The normalized spacial score (nSPS) is 16.1. The number of hydrogen-bond acceptors (Lipinski definition) is 3. The molecule has 0 radical (unpaired) electrons. The lowest BCUT2D eigenvalue weighted by Crippen LogP contribution is -2.43. The number of piperazine rings is 1. The van der Waals surface area contributed by atoms with Gasteiger partial charge in [0.05, 0.1) is 22.3 Å². The molecule has 4 heteroatoms. The summed E-state index contributed by atoms with van der Waals surface area (Å²) >= 11 is 6.12. The van der Waals surface area contributed by atoms with Crippen molar-refractivity contribution >= 4 is 17.3 Å². The first-order valence-corrected chi connectivity index (χ1v) is 5.34. The maximum Gasteiger partial charge on any atom is 0.0992 e. The molecule has 1 N–H and O–H groups in total. The van der Waals surface area contributed by atoms with Gasteiger partial charge in [-0.15, -0.1) is 0 Å². The molecule has 0 aromatic heterocycles. The third-order valence-corrected chi connectivity index (χ3v) is 2.85. The smallest absolute Gasteiger partial charge is 0.0992 e. The minimum atomic E-state index is 0.660. The van der Waals surface area contributed by atoms with Crippen molar-refractivity contribution in [2.24, 2.45) is 0 Å². The molecule has 0 atom stereocenters. The zero-order valence-corrected chi connectivity index (χ0v) is 9.09. The second kappa shape index (κ2) is 4.52. The molecule has 3 nitrogen and oxygen atoms in total. The van der Waals surface area contributed by atoms with Crippen molar-refractivity contribution in [1.29, 1.82) is 5.26 Å². The van der Waals surface area contributed by atoms with E-state index in [0.717, 1.165) is 36.9 Å². The zero-order chi connectivity index (χ0) is 10.7. The van der Waals surface area contributed by atoms with Gasteiger partial charge >= 0.3 is 0 Å². The van der Waals surface area contributed by atoms with Crippen LogP contribution in [0.15, 0.2) is 18.2 Å². The minimum Gasteiger partial charge on any atom is -0.368 e. The van der Waals surface area contributed by atoms with Gasteiger partial charge < -0.3 is 10.2 Å². The van der Waals surface area contributed by atoms with Gasteiger partial charge in [0.15, 0.2) is 0 Å². The number of rotatable bonds is 1. The largest absolute Gasteiger partial charge is 0.368 e. The summed E-state index contributed by atoms with van der Waals surface area (Å²) in [5.74, 6) is 0. The third-order valence-electron chi connectivity index (χ3n) is 2.53. The predicted molar refractivity (Wildman–Crippen MR) is 61.2 cm³/mol. The van der Waals surface area contributed by atoms with Gasteiger partial charge in [0.25, 0.3) is 0 Å². The topological polar surface area (TPSA) is 39.1 Å². The molecule has 0 saturated carbocycles. The first-order valence-electron chi connectivity index (χ1n) is 4.96. The highest BCUT2D eigenvalue weighted by molar-refractivity contribution is 6.33. The molecule has 15 heavy (non-hydrogen) atoms.